The lowest BCUT2D eigenvalue weighted by atomic mass is 9.82. The number of carbonyl (C=O) groups is 5. The fourth-order valence-corrected chi connectivity index (χ4v) is 8.51. The maximum atomic E-state index is 13.4. The molecule has 0 aromatic rings. The summed E-state index contributed by atoms with van der Waals surface area (Å²) in [5, 5.41) is 23.7. The van der Waals surface area contributed by atoms with E-state index >= 15 is 0 Å². The molecular weight excluding hydrogens is 869 g/mol. The first-order valence-electron chi connectivity index (χ1n) is 21.5. The van der Waals surface area contributed by atoms with Gasteiger partial charge in [0.1, 0.15) is 48.5 Å². The van der Waals surface area contributed by atoms with Crippen LogP contribution >= 0.6 is 23.2 Å². The van der Waals surface area contributed by atoms with Gasteiger partial charge in [-0.3, -0.25) is 14.4 Å². The molecule has 19 heteroatoms. The number of likely N-dealkylation sites (N-methyl/N-ethyl adjacent to an activating group) is 1. The quantitative estimate of drug-likeness (QED) is 0.107. The summed E-state index contributed by atoms with van der Waals surface area (Å²) in [5.74, 6) is -4.05. The lowest BCUT2D eigenvalue weighted by Crippen LogP contribution is -2.66. The number of carbonyl (C=O) groups excluding carboxylic acids is 5. The Labute approximate surface area is 381 Å². The Hall–Kier alpha value is -2.71. The summed E-state index contributed by atoms with van der Waals surface area (Å²) in [5.41, 5.74) is -1.53. The van der Waals surface area contributed by atoms with Gasteiger partial charge in [0.2, 0.25) is 4.84 Å². The predicted molar refractivity (Wildman–Crippen MR) is 229 cm³/mol. The van der Waals surface area contributed by atoms with Crippen LogP contribution in [0.15, 0.2) is 24.3 Å². The molecule has 2 saturated heterocycles. The molecule has 0 bridgehead atoms. The second-order valence-electron chi connectivity index (χ2n) is 17.7. The van der Waals surface area contributed by atoms with Gasteiger partial charge in [-0.15, -0.1) is 0 Å². The van der Waals surface area contributed by atoms with Crippen LogP contribution in [-0.4, -0.2) is 157 Å². The highest BCUT2D eigenvalue weighted by Crippen LogP contribution is 2.38. The number of cyclic esters (lactones) is 1. The molecule has 16 atom stereocenters. The minimum Gasteiger partial charge on any atom is -0.462 e. The van der Waals surface area contributed by atoms with Crippen molar-refractivity contribution >= 4 is 53.4 Å². The molecule has 63 heavy (non-hydrogen) atoms. The van der Waals surface area contributed by atoms with E-state index < -0.39 is 132 Å². The third kappa shape index (κ3) is 16.3. The van der Waals surface area contributed by atoms with Crippen LogP contribution in [0.5, 0.6) is 0 Å². The Kier molecular flexibility index (Phi) is 21.9. The average Bonchev–Trinajstić information content (AvgIpc) is 3.15. The van der Waals surface area contributed by atoms with Crippen LogP contribution in [0.25, 0.3) is 0 Å². The number of alkyl halides is 2. The number of ether oxygens (including phenoxy) is 9. The number of nitrogens with zero attached hydrogens (tertiary/aromatic N) is 1. The van der Waals surface area contributed by atoms with Gasteiger partial charge in [0, 0.05) is 39.7 Å². The standard InChI is InChI=1S/C44H69Cl2NO16/c1-23(2)19-32(50)61-40-27(6)57-34(22-44(40,8)54)62-37-26(5)58-43(36(52)35(37)47(9)10)63-38-29(17-18-48)20-24(3)30(60-42(53)41(45)46)16-14-12-13-15-25(4)56-33(51)21-31(39(38)55-11)59-28(7)49/h12-14,16,18,23-27,29-31,34-41,43,52,54H,15,17,19-22H2,1-11H3/b13-12+,16-14+/t24-,25-,26-,27+,29+,30+,31-,34+,35-,36-,37-,38+,39+,40+,43+,44-/m1/s1. The van der Waals surface area contributed by atoms with Crippen LogP contribution < -0.4 is 0 Å². The van der Waals surface area contributed by atoms with E-state index in [2.05, 4.69) is 0 Å². The van der Waals surface area contributed by atoms with Crippen molar-refractivity contribution in [1.82, 2.24) is 4.90 Å². The van der Waals surface area contributed by atoms with Crippen molar-refractivity contribution in [1.29, 1.82) is 0 Å². The number of esters is 4. The van der Waals surface area contributed by atoms with Gasteiger partial charge in [-0.25, -0.2) is 4.79 Å². The van der Waals surface area contributed by atoms with Crippen LogP contribution in [0.4, 0.5) is 0 Å². The molecule has 2 N–H and O–H groups in total. The van der Waals surface area contributed by atoms with Crippen molar-refractivity contribution < 1.29 is 76.8 Å². The normalized spacial score (nSPS) is 38.4. The maximum Gasteiger partial charge on any atom is 0.340 e. The molecule has 0 saturated carbocycles. The lowest BCUT2D eigenvalue weighted by molar-refractivity contribution is -0.344. The number of aliphatic hydroxyl groups excluding tert-OH is 1. The van der Waals surface area contributed by atoms with Gasteiger partial charge in [0.25, 0.3) is 0 Å². The minimum atomic E-state index is -1.53. The fourth-order valence-electron chi connectivity index (χ4n) is 8.41. The summed E-state index contributed by atoms with van der Waals surface area (Å²) in [4.78, 5) is 63.9. The first-order valence-corrected chi connectivity index (χ1v) is 22.4. The lowest BCUT2D eigenvalue weighted by Gasteiger charge is -2.50. The fraction of sp³-hybridized carbons (Fsp3) is 0.795. The van der Waals surface area contributed by atoms with E-state index in [1.165, 1.54) is 14.0 Å². The van der Waals surface area contributed by atoms with Gasteiger partial charge in [-0.2, -0.15) is 0 Å². The third-order valence-electron chi connectivity index (χ3n) is 11.3. The second-order valence-corrected chi connectivity index (χ2v) is 18.8. The molecule has 0 unspecified atom stereocenters. The molecule has 360 valence electrons. The third-order valence-corrected chi connectivity index (χ3v) is 11.7. The van der Waals surface area contributed by atoms with Crippen molar-refractivity contribution in [2.45, 2.75) is 184 Å². The molecule has 0 amide bonds. The molecule has 0 aliphatic carbocycles. The number of aliphatic hydroxyl groups is 2. The Morgan fingerprint density at radius 2 is 1.68 bits per heavy atom. The number of rotatable bonds is 14. The molecular formula is C44H69Cl2NO16. The topological polar surface area (TPSA) is 212 Å². The van der Waals surface area contributed by atoms with E-state index in [1.54, 1.807) is 77.9 Å². The minimum absolute atomic E-state index is 0.0557. The average molecular weight is 939 g/mol. The first-order chi connectivity index (χ1) is 29.5. The van der Waals surface area contributed by atoms with Gasteiger partial charge < -0.3 is 62.5 Å². The molecule has 0 radical (unpaired) electrons. The van der Waals surface area contributed by atoms with E-state index in [4.69, 9.17) is 65.8 Å². The summed E-state index contributed by atoms with van der Waals surface area (Å²) < 4.78 is 54.5. The van der Waals surface area contributed by atoms with E-state index in [9.17, 15) is 34.2 Å². The van der Waals surface area contributed by atoms with Crippen molar-refractivity contribution in [3.05, 3.63) is 24.3 Å². The molecule has 0 aromatic carbocycles. The van der Waals surface area contributed by atoms with E-state index in [0.29, 0.717) is 12.7 Å². The van der Waals surface area contributed by atoms with Crippen LogP contribution in [0.2, 0.25) is 0 Å². The zero-order valence-electron chi connectivity index (χ0n) is 38.3. The summed E-state index contributed by atoms with van der Waals surface area (Å²) in [6.45, 7) is 13.4. The number of allylic oxidation sites excluding steroid dienone is 2. The Morgan fingerprint density at radius 3 is 2.25 bits per heavy atom. The maximum absolute atomic E-state index is 13.4. The molecule has 0 spiro atoms. The molecule has 2 fully saturated rings. The predicted octanol–water partition coefficient (Wildman–Crippen LogP) is 4.37. The highest BCUT2D eigenvalue weighted by atomic mass is 35.5. The van der Waals surface area contributed by atoms with Crippen molar-refractivity contribution in [2.24, 2.45) is 17.8 Å². The number of hydrogen-bond acceptors (Lipinski definition) is 17. The monoisotopic (exact) mass is 937 g/mol. The zero-order valence-corrected chi connectivity index (χ0v) is 39.8. The van der Waals surface area contributed by atoms with E-state index in [-0.39, 0.29) is 31.6 Å². The smallest absolute Gasteiger partial charge is 0.340 e. The van der Waals surface area contributed by atoms with Crippen LogP contribution in [0.3, 0.4) is 0 Å². The van der Waals surface area contributed by atoms with E-state index in [1.807, 2.05) is 13.8 Å². The van der Waals surface area contributed by atoms with Gasteiger partial charge in [0.15, 0.2) is 18.7 Å². The SMILES string of the molecule is CO[C@@H]1[C@@H](O[C@@H]2O[C@H](C)[C@@H](O[C@H]3C[C@@](C)(O)[C@@H](OC(=O)CC(C)C)[C@H](C)O3)[C@H](N(C)C)[C@H]2O)[C@@H](CC=O)C[C@@H](C)[C@@H](OC(=O)C(Cl)Cl)/C=C/C=C/C[C@@H](C)OC(=O)C[C@H]1OC(C)=O. The number of hydrogen-bond donors (Lipinski definition) is 2. The van der Waals surface area contributed by atoms with Crippen LogP contribution in [0, 0.1) is 17.8 Å². The summed E-state index contributed by atoms with van der Waals surface area (Å²) in [6, 6.07) is -0.832. The Bertz CT molecular complexity index is 1560. The summed E-state index contributed by atoms with van der Waals surface area (Å²) in [6.07, 6.45) is -5.22. The Balaban J connectivity index is 2.05. The molecule has 3 heterocycles. The molecule has 17 nitrogen and oxygen atoms in total. The van der Waals surface area contributed by atoms with E-state index in [0.717, 1.165) is 0 Å². The molecule has 3 rings (SSSR count). The van der Waals surface area contributed by atoms with Gasteiger partial charge in [-0.05, 0) is 72.0 Å². The summed E-state index contributed by atoms with van der Waals surface area (Å²) in [7, 11) is 4.78. The van der Waals surface area contributed by atoms with Gasteiger partial charge in [-0.1, -0.05) is 62.2 Å². The number of halogens is 2. The number of aldehydes is 1. The molecule has 0 aromatic heterocycles. The molecule has 3 aliphatic heterocycles. The van der Waals surface area contributed by atoms with Gasteiger partial charge >= 0.3 is 23.9 Å². The van der Waals surface area contributed by atoms with Crippen molar-refractivity contribution in [2.75, 3.05) is 21.2 Å². The van der Waals surface area contributed by atoms with Crippen LogP contribution in [-0.2, 0) is 66.6 Å². The highest BCUT2D eigenvalue weighted by molar-refractivity contribution is 6.52. The highest BCUT2D eigenvalue weighted by Gasteiger charge is 2.53. The molecule has 3 aliphatic rings. The largest absolute Gasteiger partial charge is 0.462 e. The zero-order chi connectivity index (χ0) is 47.3. The second kappa shape index (κ2) is 25.3. The number of methoxy groups -OCH3 is 1. The Morgan fingerprint density at radius 1 is 1.00 bits per heavy atom. The summed E-state index contributed by atoms with van der Waals surface area (Å²) >= 11 is 11.7. The first kappa shape index (κ1) is 54.6. The van der Waals surface area contributed by atoms with Crippen LogP contribution in [0.1, 0.15) is 93.9 Å². The van der Waals surface area contributed by atoms with Crippen molar-refractivity contribution in [3.8, 4) is 0 Å². The van der Waals surface area contributed by atoms with Gasteiger partial charge in [0.05, 0.1) is 30.8 Å². The van der Waals surface area contributed by atoms with Crippen molar-refractivity contribution in [3.63, 3.8) is 0 Å².